The van der Waals surface area contributed by atoms with E-state index in [1.165, 1.54) is 0 Å². The van der Waals surface area contributed by atoms with E-state index in [1.807, 2.05) is 0 Å². The van der Waals surface area contributed by atoms with E-state index in [0.29, 0.717) is 20.8 Å². The Balaban J connectivity index is 2.21. The molecule has 0 radical (unpaired) electrons. The Labute approximate surface area is 140 Å². The molecule has 1 aliphatic heterocycles. The standard InChI is InChI=1S/C15H19Cl3N2O/c1-2-3-15(4-6-19-7-5-15)14(21)20-13-9-11(17)10(16)8-12(13)18/h8-9,19H,2-7H2,1H3,(H,20,21). The second-order valence-corrected chi connectivity index (χ2v) is 6.70. The zero-order chi connectivity index (χ0) is 15.5. The number of carbonyl (C=O) groups is 1. The molecule has 0 bridgehead atoms. The van der Waals surface area contributed by atoms with Gasteiger partial charge in [-0.25, -0.2) is 0 Å². The average molecular weight is 350 g/mol. The molecule has 0 aromatic heterocycles. The fraction of sp³-hybridized carbons (Fsp3) is 0.533. The zero-order valence-corrected chi connectivity index (χ0v) is 14.2. The van der Waals surface area contributed by atoms with Crippen LogP contribution in [-0.4, -0.2) is 19.0 Å². The predicted octanol–water partition coefficient (Wildman–Crippen LogP) is 4.76. The fourth-order valence-electron chi connectivity index (χ4n) is 2.85. The van der Waals surface area contributed by atoms with Crippen molar-refractivity contribution in [2.24, 2.45) is 5.41 Å². The van der Waals surface area contributed by atoms with Gasteiger partial charge in [-0.3, -0.25) is 4.79 Å². The van der Waals surface area contributed by atoms with Gasteiger partial charge in [0.25, 0.3) is 0 Å². The van der Waals surface area contributed by atoms with Gasteiger partial charge in [-0.05, 0) is 44.5 Å². The number of piperidine rings is 1. The maximum atomic E-state index is 12.8. The minimum absolute atomic E-state index is 0.0196. The highest BCUT2D eigenvalue weighted by molar-refractivity contribution is 6.44. The van der Waals surface area contributed by atoms with Gasteiger partial charge in [0.1, 0.15) is 0 Å². The van der Waals surface area contributed by atoms with Crippen LogP contribution in [0.15, 0.2) is 12.1 Å². The second-order valence-electron chi connectivity index (χ2n) is 5.48. The van der Waals surface area contributed by atoms with Crippen molar-refractivity contribution in [1.82, 2.24) is 5.32 Å². The van der Waals surface area contributed by atoms with Crippen molar-refractivity contribution >= 4 is 46.4 Å². The molecule has 1 aliphatic rings. The normalized spacial score (nSPS) is 17.5. The molecular weight excluding hydrogens is 331 g/mol. The lowest BCUT2D eigenvalue weighted by Crippen LogP contribution is -2.44. The third-order valence-corrected chi connectivity index (χ3v) is 5.06. The summed E-state index contributed by atoms with van der Waals surface area (Å²) in [6.07, 6.45) is 3.53. The molecule has 3 nitrogen and oxygen atoms in total. The summed E-state index contributed by atoms with van der Waals surface area (Å²) < 4.78 is 0. The molecule has 1 heterocycles. The molecule has 6 heteroatoms. The molecule has 1 fully saturated rings. The average Bonchev–Trinajstić information content (AvgIpc) is 2.46. The highest BCUT2D eigenvalue weighted by atomic mass is 35.5. The number of halogens is 3. The second kappa shape index (κ2) is 7.19. The Bertz CT molecular complexity index is 522. The monoisotopic (exact) mass is 348 g/mol. The van der Waals surface area contributed by atoms with Crippen LogP contribution < -0.4 is 10.6 Å². The highest BCUT2D eigenvalue weighted by Gasteiger charge is 2.38. The third kappa shape index (κ3) is 3.84. The molecule has 116 valence electrons. The number of carbonyl (C=O) groups excluding carboxylic acids is 1. The molecular formula is C15H19Cl3N2O. The quantitative estimate of drug-likeness (QED) is 0.770. The van der Waals surface area contributed by atoms with E-state index in [0.717, 1.165) is 38.8 Å². The molecule has 0 aliphatic carbocycles. The number of rotatable bonds is 4. The van der Waals surface area contributed by atoms with Gasteiger partial charge in [0.2, 0.25) is 5.91 Å². The van der Waals surface area contributed by atoms with Crippen molar-refractivity contribution < 1.29 is 4.79 Å². The van der Waals surface area contributed by atoms with Crippen molar-refractivity contribution in [3.8, 4) is 0 Å². The van der Waals surface area contributed by atoms with Gasteiger partial charge in [0.15, 0.2) is 0 Å². The first-order valence-corrected chi connectivity index (χ1v) is 8.28. The minimum Gasteiger partial charge on any atom is -0.324 e. The summed E-state index contributed by atoms with van der Waals surface area (Å²) in [6.45, 7) is 3.83. The van der Waals surface area contributed by atoms with Gasteiger partial charge in [-0.1, -0.05) is 48.1 Å². The zero-order valence-electron chi connectivity index (χ0n) is 11.9. The van der Waals surface area contributed by atoms with Crippen LogP contribution in [0.4, 0.5) is 5.69 Å². The van der Waals surface area contributed by atoms with Crippen LogP contribution in [0, 0.1) is 5.41 Å². The summed E-state index contributed by atoms with van der Waals surface area (Å²) >= 11 is 18.0. The van der Waals surface area contributed by atoms with Gasteiger partial charge in [-0.2, -0.15) is 0 Å². The van der Waals surface area contributed by atoms with Crippen LogP contribution in [-0.2, 0) is 4.79 Å². The lowest BCUT2D eigenvalue weighted by Gasteiger charge is -2.36. The number of anilines is 1. The maximum absolute atomic E-state index is 12.8. The summed E-state index contributed by atoms with van der Waals surface area (Å²) in [4.78, 5) is 12.8. The molecule has 2 rings (SSSR count). The lowest BCUT2D eigenvalue weighted by molar-refractivity contribution is -0.127. The van der Waals surface area contributed by atoms with Crippen molar-refractivity contribution in [3.05, 3.63) is 27.2 Å². The van der Waals surface area contributed by atoms with Gasteiger partial charge in [0.05, 0.1) is 26.2 Å². The van der Waals surface area contributed by atoms with Crippen LogP contribution in [0.2, 0.25) is 15.1 Å². The third-order valence-electron chi connectivity index (χ3n) is 4.03. The van der Waals surface area contributed by atoms with E-state index in [1.54, 1.807) is 12.1 Å². The molecule has 0 spiro atoms. The molecule has 1 aromatic rings. The number of nitrogens with one attached hydrogen (secondary N) is 2. The Morgan fingerprint density at radius 3 is 2.43 bits per heavy atom. The first-order valence-electron chi connectivity index (χ1n) is 7.15. The van der Waals surface area contributed by atoms with Crippen molar-refractivity contribution in [2.45, 2.75) is 32.6 Å². The summed E-state index contributed by atoms with van der Waals surface area (Å²) in [5, 5.41) is 7.39. The molecule has 1 amide bonds. The van der Waals surface area contributed by atoms with Crippen LogP contribution >= 0.6 is 34.8 Å². The summed E-state index contributed by atoms with van der Waals surface area (Å²) in [7, 11) is 0. The predicted molar refractivity (Wildman–Crippen MR) is 89.5 cm³/mol. The van der Waals surface area contributed by atoms with Crippen LogP contribution in [0.3, 0.4) is 0 Å². The van der Waals surface area contributed by atoms with E-state index in [9.17, 15) is 4.79 Å². The largest absolute Gasteiger partial charge is 0.324 e. The topological polar surface area (TPSA) is 41.1 Å². The van der Waals surface area contributed by atoms with Gasteiger partial charge >= 0.3 is 0 Å². The molecule has 21 heavy (non-hydrogen) atoms. The highest BCUT2D eigenvalue weighted by Crippen LogP contribution is 2.37. The number of hydrogen-bond donors (Lipinski definition) is 2. The molecule has 0 unspecified atom stereocenters. The number of benzene rings is 1. The number of amides is 1. The Hall–Kier alpha value is -0.480. The SMILES string of the molecule is CCCC1(C(=O)Nc2cc(Cl)c(Cl)cc2Cl)CCNCC1. The van der Waals surface area contributed by atoms with Gasteiger partial charge in [-0.15, -0.1) is 0 Å². The summed E-state index contributed by atoms with van der Waals surface area (Å²) in [6, 6.07) is 3.15. The van der Waals surface area contributed by atoms with Crippen LogP contribution in [0.25, 0.3) is 0 Å². The fourth-order valence-corrected chi connectivity index (χ4v) is 3.44. The molecule has 0 saturated carbocycles. The van der Waals surface area contributed by atoms with Gasteiger partial charge < -0.3 is 10.6 Å². The Morgan fingerprint density at radius 2 is 1.81 bits per heavy atom. The van der Waals surface area contributed by atoms with Crippen LogP contribution in [0.5, 0.6) is 0 Å². The van der Waals surface area contributed by atoms with Crippen molar-refractivity contribution in [2.75, 3.05) is 18.4 Å². The molecule has 1 aromatic carbocycles. The first-order chi connectivity index (χ1) is 9.98. The van der Waals surface area contributed by atoms with Crippen molar-refractivity contribution in [3.63, 3.8) is 0 Å². The number of hydrogen-bond acceptors (Lipinski definition) is 2. The lowest BCUT2D eigenvalue weighted by atomic mass is 9.74. The summed E-state index contributed by atoms with van der Waals surface area (Å²) in [5.74, 6) is 0.0196. The van der Waals surface area contributed by atoms with E-state index in [4.69, 9.17) is 34.8 Å². The van der Waals surface area contributed by atoms with E-state index in [-0.39, 0.29) is 11.3 Å². The van der Waals surface area contributed by atoms with E-state index < -0.39 is 0 Å². The smallest absolute Gasteiger partial charge is 0.230 e. The van der Waals surface area contributed by atoms with Crippen LogP contribution in [0.1, 0.15) is 32.6 Å². The molecule has 2 N–H and O–H groups in total. The summed E-state index contributed by atoms with van der Waals surface area (Å²) in [5.41, 5.74) is 0.195. The van der Waals surface area contributed by atoms with Crippen molar-refractivity contribution in [1.29, 1.82) is 0 Å². The molecule has 1 saturated heterocycles. The first kappa shape index (κ1) is 16.9. The Morgan fingerprint density at radius 1 is 1.19 bits per heavy atom. The van der Waals surface area contributed by atoms with E-state index >= 15 is 0 Å². The Kier molecular flexibility index (Phi) is 5.78. The van der Waals surface area contributed by atoms with E-state index in [2.05, 4.69) is 17.6 Å². The molecule has 0 atom stereocenters. The minimum atomic E-state index is -0.324. The van der Waals surface area contributed by atoms with Gasteiger partial charge in [0, 0.05) is 0 Å². The maximum Gasteiger partial charge on any atom is 0.230 e.